The van der Waals surface area contributed by atoms with Crippen LogP contribution < -0.4 is 0 Å². The fourth-order valence-corrected chi connectivity index (χ4v) is 4.65. The van der Waals surface area contributed by atoms with Gasteiger partial charge in [0.1, 0.15) is 0 Å². The summed E-state index contributed by atoms with van der Waals surface area (Å²) in [6, 6.07) is 20.5. The molecule has 0 saturated heterocycles. The van der Waals surface area contributed by atoms with Crippen LogP contribution in [0, 0.1) is 0 Å². The summed E-state index contributed by atoms with van der Waals surface area (Å²) in [6.45, 7) is -0.286. The van der Waals surface area contributed by atoms with Crippen LogP contribution >= 0.6 is 11.3 Å². The third-order valence-corrected chi connectivity index (χ3v) is 6.26. The molecule has 1 aliphatic rings. The number of nitrogens with zero attached hydrogens (tertiary/aromatic N) is 1. The van der Waals surface area contributed by atoms with Crippen molar-refractivity contribution in [3.05, 3.63) is 99.4 Å². The van der Waals surface area contributed by atoms with Gasteiger partial charge in [-0.1, -0.05) is 54.6 Å². The highest BCUT2D eigenvalue weighted by Crippen LogP contribution is 2.38. The molecule has 4 aromatic rings. The van der Waals surface area contributed by atoms with E-state index < -0.39 is 5.97 Å². The van der Waals surface area contributed by atoms with E-state index in [1.807, 2.05) is 41.8 Å². The Labute approximate surface area is 183 Å². The number of allylic oxidation sites excluding steroid dienone is 1. The number of hydrogen-bond acceptors (Lipinski definition) is 5. The Morgan fingerprint density at radius 2 is 1.77 bits per heavy atom. The molecule has 0 unspecified atom stereocenters. The average molecular weight is 426 g/mol. The predicted molar refractivity (Wildman–Crippen MR) is 123 cm³/mol. The quantitative estimate of drug-likeness (QED) is 0.298. The van der Waals surface area contributed by atoms with Crippen LogP contribution in [0.2, 0.25) is 0 Å². The van der Waals surface area contributed by atoms with Crippen molar-refractivity contribution < 1.29 is 14.3 Å². The molecule has 0 bridgehead atoms. The molecule has 0 fully saturated rings. The molecule has 1 aliphatic carbocycles. The summed E-state index contributed by atoms with van der Waals surface area (Å²) in [6.07, 6.45) is 3.69. The second kappa shape index (κ2) is 8.28. The Bertz CT molecular complexity index is 1310. The first kappa shape index (κ1) is 19.4. The molecule has 152 valence electrons. The largest absolute Gasteiger partial charge is 0.454 e. The molecule has 0 N–H and O–H groups in total. The maximum absolute atomic E-state index is 13.2. The van der Waals surface area contributed by atoms with E-state index in [0.717, 1.165) is 45.5 Å². The smallest absolute Gasteiger partial charge is 0.339 e. The van der Waals surface area contributed by atoms with E-state index in [9.17, 15) is 9.59 Å². The Balaban J connectivity index is 1.51. The number of fused-ring (bicyclic) bond motifs is 2. The highest BCUT2D eigenvalue weighted by molar-refractivity contribution is 7.10. The highest BCUT2D eigenvalue weighted by Gasteiger charge is 2.28. The monoisotopic (exact) mass is 425 g/mol. The lowest BCUT2D eigenvalue weighted by molar-refractivity contribution is 0.0475. The van der Waals surface area contributed by atoms with Crippen molar-refractivity contribution in [3.63, 3.8) is 0 Å². The van der Waals surface area contributed by atoms with Gasteiger partial charge in [0.25, 0.3) is 0 Å². The number of ketones is 1. The van der Waals surface area contributed by atoms with Crippen molar-refractivity contribution in [1.29, 1.82) is 0 Å². The van der Waals surface area contributed by atoms with Gasteiger partial charge in [0.05, 0.1) is 16.8 Å². The van der Waals surface area contributed by atoms with Crippen LogP contribution in [0.15, 0.2) is 72.1 Å². The number of Topliss-reactive ketones (excluding diaryl/α,β-unsaturated/α-hetero) is 1. The van der Waals surface area contributed by atoms with E-state index in [1.165, 1.54) is 0 Å². The number of pyridine rings is 1. The fourth-order valence-electron chi connectivity index (χ4n) is 3.97. The number of thiophene rings is 1. The maximum atomic E-state index is 13.2. The molecule has 0 saturated carbocycles. The number of rotatable bonds is 5. The standard InChI is InChI=1S/C26H19NO3S/c28-23(17-7-2-1-3-8-17)16-30-26(29)24-20-10-4-5-11-22(20)27-25-18(12-13-21(24)25)15-19-9-6-14-31-19/h1-11,14-15H,12-13,16H2/b18-15+. The van der Waals surface area contributed by atoms with E-state index in [0.29, 0.717) is 11.1 Å². The molecule has 0 radical (unpaired) electrons. The van der Waals surface area contributed by atoms with Crippen molar-refractivity contribution in [2.24, 2.45) is 0 Å². The van der Waals surface area contributed by atoms with Crippen LogP contribution in [-0.4, -0.2) is 23.3 Å². The minimum Gasteiger partial charge on any atom is -0.454 e. The molecule has 5 rings (SSSR count). The topological polar surface area (TPSA) is 56.3 Å². The van der Waals surface area contributed by atoms with Gasteiger partial charge in [-0.25, -0.2) is 9.78 Å². The van der Waals surface area contributed by atoms with E-state index in [1.54, 1.807) is 35.6 Å². The number of para-hydroxylation sites is 1. The summed E-state index contributed by atoms with van der Waals surface area (Å²) in [5.41, 5.74) is 4.68. The molecule has 2 heterocycles. The van der Waals surface area contributed by atoms with Crippen LogP contribution in [0.4, 0.5) is 0 Å². The molecule has 0 amide bonds. The third-order valence-electron chi connectivity index (χ3n) is 5.44. The SMILES string of the molecule is O=C(COC(=O)c1c2c(nc3ccccc13)/C(=C/c1cccs1)CC2)c1ccccc1. The summed E-state index contributed by atoms with van der Waals surface area (Å²) in [4.78, 5) is 31.6. The second-order valence-electron chi connectivity index (χ2n) is 7.38. The number of aromatic nitrogens is 1. The Kier molecular flexibility index (Phi) is 5.18. The second-order valence-corrected chi connectivity index (χ2v) is 8.36. The number of esters is 1. The molecule has 0 spiro atoms. The first-order chi connectivity index (χ1) is 15.2. The number of ether oxygens (including phenoxy) is 1. The molecule has 2 aromatic carbocycles. The van der Waals surface area contributed by atoms with Crippen molar-refractivity contribution >= 4 is 45.6 Å². The number of benzene rings is 2. The lowest BCUT2D eigenvalue weighted by Gasteiger charge is -2.12. The number of carbonyl (C=O) groups excluding carboxylic acids is 2. The minimum absolute atomic E-state index is 0.220. The number of carbonyl (C=O) groups is 2. The van der Waals surface area contributed by atoms with Crippen molar-refractivity contribution in [1.82, 2.24) is 4.98 Å². The van der Waals surface area contributed by atoms with Gasteiger partial charge in [-0.3, -0.25) is 4.79 Å². The molecule has 0 atom stereocenters. The average Bonchev–Trinajstić information content (AvgIpc) is 3.47. The van der Waals surface area contributed by atoms with Crippen LogP contribution in [0.25, 0.3) is 22.6 Å². The van der Waals surface area contributed by atoms with Crippen LogP contribution in [0.1, 0.15) is 43.3 Å². The lowest BCUT2D eigenvalue weighted by atomic mass is 10.0. The maximum Gasteiger partial charge on any atom is 0.339 e. The Morgan fingerprint density at radius 3 is 2.58 bits per heavy atom. The fraction of sp³-hybridized carbons (Fsp3) is 0.115. The van der Waals surface area contributed by atoms with Gasteiger partial charge < -0.3 is 4.74 Å². The van der Waals surface area contributed by atoms with Gasteiger partial charge >= 0.3 is 5.97 Å². The van der Waals surface area contributed by atoms with Crippen molar-refractivity contribution in [2.75, 3.05) is 6.61 Å². The summed E-state index contributed by atoms with van der Waals surface area (Å²) in [7, 11) is 0. The van der Waals surface area contributed by atoms with Crippen LogP contribution in [-0.2, 0) is 11.2 Å². The van der Waals surface area contributed by atoms with Gasteiger partial charge in [-0.05, 0) is 47.6 Å². The summed E-state index contributed by atoms with van der Waals surface area (Å²) in [5.74, 6) is -0.696. The van der Waals surface area contributed by atoms with Crippen LogP contribution in [0.5, 0.6) is 0 Å². The lowest BCUT2D eigenvalue weighted by Crippen LogP contribution is -2.16. The van der Waals surface area contributed by atoms with E-state index >= 15 is 0 Å². The zero-order valence-corrected chi connectivity index (χ0v) is 17.5. The first-order valence-corrected chi connectivity index (χ1v) is 11.0. The van der Waals surface area contributed by atoms with Crippen LogP contribution in [0.3, 0.4) is 0 Å². The molecule has 5 heteroatoms. The molecule has 2 aromatic heterocycles. The molecular formula is C26H19NO3S. The Hall–Kier alpha value is -3.57. The molecule has 31 heavy (non-hydrogen) atoms. The van der Waals surface area contributed by atoms with E-state index in [2.05, 4.69) is 12.1 Å². The summed E-state index contributed by atoms with van der Waals surface area (Å²) in [5, 5.41) is 2.80. The zero-order valence-electron chi connectivity index (χ0n) is 16.7. The van der Waals surface area contributed by atoms with Gasteiger partial charge in [-0.2, -0.15) is 0 Å². The summed E-state index contributed by atoms with van der Waals surface area (Å²) < 4.78 is 5.49. The summed E-state index contributed by atoms with van der Waals surface area (Å²) >= 11 is 1.67. The van der Waals surface area contributed by atoms with Crippen molar-refractivity contribution in [2.45, 2.75) is 12.8 Å². The molecule has 0 aliphatic heterocycles. The normalized spacial score (nSPS) is 14.0. The van der Waals surface area contributed by atoms with Crippen molar-refractivity contribution in [3.8, 4) is 0 Å². The molecular weight excluding hydrogens is 406 g/mol. The number of hydrogen-bond donors (Lipinski definition) is 0. The predicted octanol–water partition coefficient (Wildman–Crippen LogP) is 5.82. The minimum atomic E-state index is -0.475. The first-order valence-electron chi connectivity index (χ1n) is 10.1. The molecule has 4 nitrogen and oxygen atoms in total. The zero-order chi connectivity index (χ0) is 21.2. The Morgan fingerprint density at radius 1 is 0.968 bits per heavy atom. The van der Waals surface area contributed by atoms with Gasteiger partial charge in [0, 0.05) is 15.8 Å². The highest BCUT2D eigenvalue weighted by atomic mass is 32.1. The van der Waals surface area contributed by atoms with E-state index in [4.69, 9.17) is 9.72 Å². The van der Waals surface area contributed by atoms with Gasteiger partial charge in [-0.15, -0.1) is 11.3 Å². The van der Waals surface area contributed by atoms with E-state index in [-0.39, 0.29) is 12.4 Å². The van der Waals surface area contributed by atoms with Gasteiger partial charge in [0.2, 0.25) is 0 Å². The third kappa shape index (κ3) is 3.80. The van der Waals surface area contributed by atoms with Gasteiger partial charge in [0.15, 0.2) is 12.4 Å².